The number of sulfone groups is 1. The first-order valence-electron chi connectivity index (χ1n) is 6.70. The number of rotatable bonds is 6. The summed E-state index contributed by atoms with van der Waals surface area (Å²) in [5.74, 6) is 1.18. The fourth-order valence-electron chi connectivity index (χ4n) is 2.24. The van der Waals surface area contributed by atoms with Gasteiger partial charge in [0.1, 0.15) is 0 Å². The van der Waals surface area contributed by atoms with E-state index in [1.54, 1.807) is 11.8 Å². The zero-order chi connectivity index (χ0) is 14.4. The van der Waals surface area contributed by atoms with Crippen LogP contribution in [-0.2, 0) is 14.6 Å². The molecule has 0 aromatic heterocycles. The number of carbonyl (C=O) groups is 1. The van der Waals surface area contributed by atoms with Gasteiger partial charge in [0, 0.05) is 23.6 Å². The van der Waals surface area contributed by atoms with Crippen LogP contribution < -0.4 is 5.32 Å². The number of benzene rings is 1. The minimum atomic E-state index is -2.89. The lowest BCUT2D eigenvalue weighted by Crippen LogP contribution is -2.27. The van der Waals surface area contributed by atoms with Crippen LogP contribution in [0.4, 0.5) is 0 Å². The van der Waals surface area contributed by atoms with Crippen molar-refractivity contribution in [3.05, 3.63) is 30.3 Å². The van der Waals surface area contributed by atoms with Gasteiger partial charge in [-0.1, -0.05) is 18.2 Å². The van der Waals surface area contributed by atoms with Crippen molar-refractivity contribution >= 4 is 27.5 Å². The van der Waals surface area contributed by atoms with E-state index in [-0.39, 0.29) is 23.3 Å². The van der Waals surface area contributed by atoms with Gasteiger partial charge < -0.3 is 5.32 Å². The Hall–Kier alpha value is -1.01. The average molecular weight is 313 g/mol. The molecular formula is C14H19NO3S2. The molecule has 2 rings (SSSR count). The summed E-state index contributed by atoms with van der Waals surface area (Å²) in [5, 5.41) is 2.85. The second kappa shape index (κ2) is 7.13. The van der Waals surface area contributed by atoms with Gasteiger partial charge in [0.2, 0.25) is 5.91 Å². The van der Waals surface area contributed by atoms with Crippen LogP contribution in [0.1, 0.15) is 12.8 Å². The van der Waals surface area contributed by atoms with Crippen molar-refractivity contribution in [1.29, 1.82) is 0 Å². The maximum absolute atomic E-state index is 11.7. The lowest BCUT2D eigenvalue weighted by Gasteiger charge is -2.08. The first kappa shape index (κ1) is 15.4. The van der Waals surface area contributed by atoms with E-state index >= 15 is 0 Å². The Morgan fingerprint density at radius 3 is 2.70 bits per heavy atom. The molecule has 0 spiro atoms. The number of hydrogen-bond acceptors (Lipinski definition) is 4. The Balaban J connectivity index is 1.61. The smallest absolute Gasteiger partial charge is 0.220 e. The van der Waals surface area contributed by atoms with Crippen LogP contribution >= 0.6 is 11.8 Å². The summed E-state index contributed by atoms with van der Waals surface area (Å²) in [6.45, 7) is 0.609. The van der Waals surface area contributed by atoms with Gasteiger partial charge in [-0.25, -0.2) is 8.42 Å². The molecule has 1 saturated heterocycles. The summed E-state index contributed by atoms with van der Waals surface area (Å²) >= 11 is 1.69. The van der Waals surface area contributed by atoms with Crippen molar-refractivity contribution in [2.75, 3.05) is 23.8 Å². The van der Waals surface area contributed by atoms with E-state index in [0.29, 0.717) is 19.4 Å². The molecule has 0 aliphatic carbocycles. The number of carbonyl (C=O) groups excluding carboxylic acids is 1. The lowest BCUT2D eigenvalue weighted by atomic mass is 10.1. The van der Waals surface area contributed by atoms with Crippen molar-refractivity contribution in [2.24, 2.45) is 5.92 Å². The average Bonchev–Trinajstić information content (AvgIpc) is 2.75. The van der Waals surface area contributed by atoms with Gasteiger partial charge in [0.25, 0.3) is 0 Å². The zero-order valence-corrected chi connectivity index (χ0v) is 12.9. The zero-order valence-electron chi connectivity index (χ0n) is 11.2. The van der Waals surface area contributed by atoms with E-state index in [9.17, 15) is 13.2 Å². The van der Waals surface area contributed by atoms with Crippen molar-refractivity contribution in [3.63, 3.8) is 0 Å². The second-order valence-corrected chi connectivity index (χ2v) is 8.38. The third-order valence-electron chi connectivity index (χ3n) is 3.24. The van der Waals surface area contributed by atoms with E-state index in [0.717, 1.165) is 5.75 Å². The third kappa shape index (κ3) is 5.17. The normalized spacial score (nSPS) is 20.7. The van der Waals surface area contributed by atoms with Crippen molar-refractivity contribution in [1.82, 2.24) is 5.32 Å². The molecule has 1 aromatic rings. The molecule has 4 nitrogen and oxygen atoms in total. The minimum Gasteiger partial charge on any atom is -0.355 e. The van der Waals surface area contributed by atoms with Crippen LogP contribution in [0, 0.1) is 5.92 Å². The molecule has 1 atom stereocenters. The van der Waals surface area contributed by atoms with Crippen LogP contribution in [0.5, 0.6) is 0 Å². The fraction of sp³-hybridized carbons (Fsp3) is 0.500. The molecule has 1 amide bonds. The molecule has 1 heterocycles. The van der Waals surface area contributed by atoms with E-state index in [1.807, 2.05) is 30.3 Å². The van der Waals surface area contributed by atoms with Gasteiger partial charge in [0.05, 0.1) is 11.5 Å². The van der Waals surface area contributed by atoms with Crippen LogP contribution in [0.2, 0.25) is 0 Å². The van der Waals surface area contributed by atoms with Crippen LogP contribution in [0.25, 0.3) is 0 Å². The van der Waals surface area contributed by atoms with Gasteiger partial charge in [-0.05, 0) is 24.5 Å². The SMILES string of the molecule is O=C(C[C@H]1CCS(=O)(=O)C1)NCCSc1ccccc1. The summed E-state index contributed by atoms with van der Waals surface area (Å²) in [6, 6.07) is 10.0. The Labute approximate surface area is 124 Å². The number of nitrogens with one attached hydrogen (secondary N) is 1. The second-order valence-electron chi connectivity index (χ2n) is 4.98. The van der Waals surface area contributed by atoms with Gasteiger partial charge in [-0.15, -0.1) is 11.8 Å². The van der Waals surface area contributed by atoms with Gasteiger partial charge in [-0.3, -0.25) is 4.79 Å². The molecule has 1 fully saturated rings. The highest BCUT2D eigenvalue weighted by atomic mass is 32.2. The topological polar surface area (TPSA) is 63.2 Å². The van der Waals surface area contributed by atoms with E-state index in [4.69, 9.17) is 0 Å². The predicted octanol–water partition coefficient (Wildman–Crippen LogP) is 1.72. The standard InChI is InChI=1S/C14H19NO3S2/c16-14(10-12-6-9-20(17,18)11-12)15-7-8-19-13-4-2-1-3-5-13/h1-5,12H,6-11H2,(H,15,16)/t12-/m1/s1. The number of amides is 1. The molecule has 1 N–H and O–H groups in total. The minimum absolute atomic E-state index is 0.00164. The molecule has 1 aliphatic rings. The predicted molar refractivity (Wildman–Crippen MR) is 81.6 cm³/mol. The summed E-state index contributed by atoms with van der Waals surface area (Å²) < 4.78 is 22.6. The monoisotopic (exact) mass is 313 g/mol. The summed E-state index contributed by atoms with van der Waals surface area (Å²) in [5.41, 5.74) is 0. The molecule has 1 aromatic carbocycles. The number of thioether (sulfide) groups is 1. The lowest BCUT2D eigenvalue weighted by molar-refractivity contribution is -0.121. The Morgan fingerprint density at radius 2 is 2.05 bits per heavy atom. The largest absolute Gasteiger partial charge is 0.355 e. The molecule has 0 bridgehead atoms. The first-order chi connectivity index (χ1) is 9.55. The Kier molecular flexibility index (Phi) is 5.48. The highest BCUT2D eigenvalue weighted by Gasteiger charge is 2.29. The molecule has 1 aliphatic heterocycles. The maximum Gasteiger partial charge on any atom is 0.220 e. The maximum atomic E-state index is 11.7. The van der Waals surface area contributed by atoms with Crippen molar-refractivity contribution in [2.45, 2.75) is 17.7 Å². The fourth-order valence-corrected chi connectivity index (χ4v) is 4.89. The van der Waals surface area contributed by atoms with Gasteiger partial charge >= 0.3 is 0 Å². The highest BCUT2D eigenvalue weighted by molar-refractivity contribution is 7.99. The Morgan fingerprint density at radius 1 is 1.30 bits per heavy atom. The quantitative estimate of drug-likeness (QED) is 0.641. The summed E-state index contributed by atoms with van der Waals surface area (Å²) in [7, 11) is -2.89. The van der Waals surface area contributed by atoms with Gasteiger partial charge in [-0.2, -0.15) is 0 Å². The number of hydrogen-bond donors (Lipinski definition) is 1. The van der Waals surface area contributed by atoms with Crippen LogP contribution in [-0.4, -0.2) is 38.1 Å². The summed E-state index contributed by atoms with van der Waals surface area (Å²) in [4.78, 5) is 12.9. The third-order valence-corrected chi connectivity index (χ3v) is 6.09. The van der Waals surface area contributed by atoms with E-state index < -0.39 is 9.84 Å². The molecular weight excluding hydrogens is 294 g/mol. The molecule has 20 heavy (non-hydrogen) atoms. The van der Waals surface area contributed by atoms with E-state index in [2.05, 4.69) is 5.32 Å². The molecule has 6 heteroatoms. The van der Waals surface area contributed by atoms with Crippen LogP contribution in [0.15, 0.2) is 35.2 Å². The van der Waals surface area contributed by atoms with Crippen molar-refractivity contribution in [3.8, 4) is 0 Å². The molecule has 0 radical (unpaired) electrons. The van der Waals surface area contributed by atoms with E-state index in [1.165, 1.54) is 4.90 Å². The van der Waals surface area contributed by atoms with Crippen molar-refractivity contribution < 1.29 is 13.2 Å². The molecule has 110 valence electrons. The van der Waals surface area contributed by atoms with Crippen LogP contribution in [0.3, 0.4) is 0 Å². The highest BCUT2D eigenvalue weighted by Crippen LogP contribution is 2.21. The molecule has 0 saturated carbocycles. The Bertz CT molecular complexity index is 543. The molecule has 0 unspecified atom stereocenters. The van der Waals surface area contributed by atoms with Gasteiger partial charge in [0.15, 0.2) is 9.84 Å². The first-order valence-corrected chi connectivity index (χ1v) is 9.51. The summed E-state index contributed by atoms with van der Waals surface area (Å²) in [6.07, 6.45) is 0.948.